The molecule has 0 N–H and O–H groups in total. The van der Waals surface area contributed by atoms with Crippen LogP contribution in [0.5, 0.6) is 0 Å². The summed E-state index contributed by atoms with van der Waals surface area (Å²) >= 11 is -11.2. The van der Waals surface area contributed by atoms with Crippen molar-refractivity contribution in [1.29, 1.82) is 0 Å². The number of rotatable bonds is 3. The van der Waals surface area contributed by atoms with E-state index in [0.29, 0.717) is 0 Å². The maximum absolute atomic E-state index is 11.2. The van der Waals surface area contributed by atoms with E-state index >= 15 is 0 Å². The number of fused-ring (bicyclic) bond motifs is 4. The van der Waals surface area contributed by atoms with Gasteiger partial charge >= 0.3 is 36.4 Å². The predicted molar refractivity (Wildman–Crippen MR) is 137 cm³/mol. The Labute approximate surface area is 208 Å². The molecule has 0 saturated carbocycles. The molecule has 0 amide bonds. The van der Waals surface area contributed by atoms with Gasteiger partial charge in [0.05, 0.1) is 5.41 Å². The summed E-state index contributed by atoms with van der Waals surface area (Å²) in [6, 6.07) is 24.3. The van der Waals surface area contributed by atoms with Crippen LogP contribution in [0.2, 0.25) is 0 Å². The van der Waals surface area contributed by atoms with Crippen LogP contribution >= 0.6 is 0 Å². The average Bonchev–Trinajstić information content (AvgIpc) is 3.19. The minimum absolute atomic E-state index is 0.00415. The van der Waals surface area contributed by atoms with Gasteiger partial charge in [-0.05, 0) is 50.6 Å². The summed E-state index contributed by atoms with van der Waals surface area (Å²) in [7, 11) is 2.17. The Morgan fingerprint density at radius 3 is 2.03 bits per heavy atom. The molecule has 36 heavy (non-hydrogen) atoms. The van der Waals surface area contributed by atoms with Crippen LogP contribution in [0, 0.1) is 0 Å². The molecule has 2 nitrogen and oxygen atoms in total. The van der Waals surface area contributed by atoms with Gasteiger partial charge in [-0.2, -0.15) is 4.58 Å². The monoisotopic (exact) mass is 614 g/mol. The number of para-hydroxylation sites is 2. The third-order valence-corrected chi connectivity index (χ3v) is 6.49. The summed E-state index contributed by atoms with van der Waals surface area (Å²) in [4.78, 5) is 0. The number of benzene rings is 3. The van der Waals surface area contributed by atoms with Crippen LogP contribution in [-0.4, -0.2) is 41.4 Å². The molecule has 0 fully saturated rings. The summed E-state index contributed by atoms with van der Waals surface area (Å²) in [6.07, 6.45) is 4.55. The molecule has 1 aliphatic rings. The molecule has 0 saturated heterocycles. The average molecular weight is 615 g/mol. The third kappa shape index (κ3) is 5.64. The van der Waals surface area contributed by atoms with E-state index < -0.39 is 19.5 Å². The normalized spacial score (nSPS) is 17.2. The quantitative estimate of drug-likeness (QED) is 0.124. The number of halogens is 6. The number of aromatic nitrogens is 1. The molecule has 0 unspecified atom stereocenters. The molecular formula is C27H27F6N2Sb. The van der Waals surface area contributed by atoms with E-state index in [1.165, 1.54) is 44.3 Å². The molecule has 192 valence electrons. The molecule has 0 bridgehead atoms. The van der Waals surface area contributed by atoms with Crippen molar-refractivity contribution in [2.75, 3.05) is 7.05 Å². The SMILES string of the molecule is CCn1c2ccccc2c2cc(/C=C/C3=[N+](C)c4ccccc4C3(C)C)ccc21.[F][Sb-]([F])([F])([F])([F])[F]. The fourth-order valence-electron chi connectivity index (χ4n) is 4.99. The Hall–Kier alpha value is -2.73. The molecule has 5 rings (SSSR count). The second-order valence-corrected chi connectivity index (χ2v) is 14.9. The summed E-state index contributed by atoms with van der Waals surface area (Å²) in [5.74, 6) is 0. The van der Waals surface area contributed by atoms with E-state index in [1.807, 2.05) is 0 Å². The van der Waals surface area contributed by atoms with Gasteiger partial charge in [0.1, 0.15) is 7.05 Å². The van der Waals surface area contributed by atoms with Crippen LogP contribution in [0.15, 0.2) is 72.8 Å². The molecule has 2 heterocycles. The van der Waals surface area contributed by atoms with Gasteiger partial charge in [0.15, 0.2) is 5.71 Å². The number of hydrogen-bond donors (Lipinski definition) is 0. The van der Waals surface area contributed by atoms with E-state index in [1.54, 1.807) is 0 Å². The van der Waals surface area contributed by atoms with Crippen LogP contribution in [0.3, 0.4) is 0 Å². The van der Waals surface area contributed by atoms with Crippen LogP contribution in [0.1, 0.15) is 31.9 Å². The van der Waals surface area contributed by atoms with Gasteiger partial charge in [-0.25, -0.2) is 0 Å². The van der Waals surface area contributed by atoms with E-state index in [4.69, 9.17) is 0 Å². The molecule has 0 spiro atoms. The summed E-state index contributed by atoms with van der Waals surface area (Å²) in [5.41, 5.74) is 7.89. The molecule has 3 aromatic carbocycles. The predicted octanol–water partition coefficient (Wildman–Crippen LogP) is 8.67. The molecule has 4 aromatic rings. The molecule has 1 aromatic heterocycles. The van der Waals surface area contributed by atoms with Crippen molar-refractivity contribution < 1.29 is 21.5 Å². The van der Waals surface area contributed by atoms with Crippen molar-refractivity contribution in [1.82, 2.24) is 4.57 Å². The molecule has 1 aliphatic heterocycles. The Balaban J connectivity index is 0.000000384. The standard InChI is InChI=1S/C27H27N2.6FH.Sb/c1-5-29-23-12-8-6-10-20(23)21-18-19(14-16-24(21)29)15-17-26-27(2,3)22-11-7-9-13-25(22)28(26)4;;;;;;;/h6-18H,5H2,1-4H3;6*1H;/q+1;;;;;;;+5/p-6. The zero-order valence-corrected chi connectivity index (χ0v) is 22.9. The van der Waals surface area contributed by atoms with E-state index in [2.05, 4.69) is 116 Å². The number of aryl methyl sites for hydroxylation is 1. The van der Waals surface area contributed by atoms with Crippen LogP contribution in [0.4, 0.5) is 22.6 Å². The molecular weight excluding hydrogens is 588 g/mol. The van der Waals surface area contributed by atoms with Crippen molar-refractivity contribution in [3.05, 3.63) is 83.9 Å². The Kier molecular flexibility index (Phi) is 5.95. The minimum atomic E-state index is -11.2. The Morgan fingerprint density at radius 1 is 0.806 bits per heavy atom. The van der Waals surface area contributed by atoms with Crippen LogP contribution in [-0.2, 0) is 12.0 Å². The number of hydrogen-bond acceptors (Lipinski definition) is 0. The zero-order chi connectivity index (χ0) is 26.6. The summed E-state index contributed by atoms with van der Waals surface area (Å²) in [5, 5.41) is 2.66. The van der Waals surface area contributed by atoms with Gasteiger partial charge in [-0.1, -0.05) is 42.5 Å². The molecule has 0 atom stereocenters. The Bertz CT molecular complexity index is 1530. The second-order valence-electron chi connectivity index (χ2n) is 9.42. The maximum atomic E-state index is 9.93. The van der Waals surface area contributed by atoms with E-state index in [0.717, 1.165) is 6.54 Å². The first-order valence-corrected chi connectivity index (χ1v) is 17.2. The van der Waals surface area contributed by atoms with Gasteiger partial charge in [-0.15, -0.1) is 0 Å². The van der Waals surface area contributed by atoms with Gasteiger partial charge in [-0.3, -0.25) is 0 Å². The van der Waals surface area contributed by atoms with Gasteiger partial charge in [0.25, 0.3) is 0 Å². The first-order valence-electron chi connectivity index (χ1n) is 11.4. The van der Waals surface area contributed by atoms with Crippen molar-refractivity contribution in [3.63, 3.8) is 0 Å². The van der Waals surface area contributed by atoms with Gasteiger partial charge in [0, 0.05) is 46.1 Å². The van der Waals surface area contributed by atoms with E-state index in [9.17, 15) is 16.9 Å². The van der Waals surface area contributed by atoms with Crippen LogP contribution in [0.25, 0.3) is 27.9 Å². The summed E-state index contributed by atoms with van der Waals surface area (Å²) in [6.45, 7) is 7.82. The van der Waals surface area contributed by atoms with Gasteiger partial charge < -0.3 is 4.57 Å². The van der Waals surface area contributed by atoms with E-state index in [-0.39, 0.29) is 5.41 Å². The molecule has 9 heteroatoms. The van der Waals surface area contributed by atoms with Crippen LogP contribution < -0.4 is 0 Å². The fraction of sp³-hybridized carbons (Fsp3) is 0.222. The Morgan fingerprint density at radius 2 is 1.39 bits per heavy atom. The topological polar surface area (TPSA) is 7.94 Å². The van der Waals surface area contributed by atoms with Gasteiger partial charge in [0.2, 0.25) is 5.69 Å². The van der Waals surface area contributed by atoms with Crippen molar-refractivity contribution in [3.8, 4) is 0 Å². The molecule has 0 radical (unpaired) electrons. The number of nitrogens with zero attached hydrogens (tertiary/aromatic N) is 2. The van der Waals surface area contributed by atoms with Crippen molar-refractivity contribution >= 4 is 58.8 Å². The fourth-order valence-corrected chi connectivity index (χ4v) is 4.99. The first-order chi connectivity index (χ1) is 16.5. The zero-order valence-electron chi connectivity index (χ0n) is 20.3. The number of allylic oxidation sites excluding steroid dienone is 1. The first kappa shape index (κ1) is 26.3. The van der Waals surface area contributed by atoms with Crippen molar-refractivity contribution in [2.24, 2.45) is 0 Å². The third-order valence-electron chi connectivity index (χ3n) is 6.49. The summed E-state index contributed by atoms with van der Waals surface area (Å²) < 4.78 is 64.3. The second kappa shape index (κ2) is 8.14. The van der Waals surface area contributed by atoms with Crippen molar-refractivity contribution in [2.45, 2.75) is 32.7 Å². The molecule has 0 aliphatic carbocycles.